The van der Waals surface area contributed by atoms with Crippen LogP contribution in [0.2, 0.25) is 0 Å². The van der Waals surface area contributed by atoms with Crippen molar-refractivity contribution in [2.75, 3.05) is 0 Å². The van der Waals surface area contributed by atoms with Gasteiger partial charge in [0.05, 0.1) is 4.92 Å². The molecule has 0 bridgehead atoms. The second kappa shape index (κ2) is 6.91. The molecule has 0 N–H and O–H groups in total. The van der Waals surface area contributed by atoms with Gasteiger partial charge in [0.2, 0.25) is 5.75 Å². The molecule has 138 valence electrons. The van der Waals surface area contributed by atoms with Crippen LogP contribution in [0.5, 0.6) is 11.5 Å². The fourth-order valence-corrected chi connectivity index (χ4v) is 2.44. The maximum Gasteiger partial charge on any atom is 0.348 e. The molecule has 0 amide bonds. The van der Waals surface area contributed by atoms with Gasteiger partial charge in [0.1, 0.15) is 11.3 Å². The topological polar surface area (TPSA) is 105 Å². The van der Waals surface area contributed by atoms with Crippen LogP contribution in [0.3, 0.4) is 0 Å². The van der Waals surface area contributed by atoms with Gasteiger partial charge in [-0.2, -0.15) is 0 Å². The number of para-hydroxylation sites is 3. The Balaban J connectivity index is 1.97. The van der Waals surface area contributed by atoms with Gasteiger partial charge in [0, 0.05) is 25.5 Å². The molecule has 0 unspecified atom stereocenters. The average Bonchev–Trinajstić information content (AvgIpc) is 2.59. The van der Waals surface area contributed by atoms with E-state index in [-0.39, 0.29) is 22.8 Å². The summed E-state index contributed by atoms with van der Waals surface area (Å²) in [6.07, 6.45) is 1.27. The number of esters is 2. The van der Waals surface area contributed by atoms with Gasteiger partial charge in [0.15, 0.2) is 0 Å². The van der Waals surface area contributed by atoms with Crippen molar-refractivity contribution in [1.82, 2.24) is 0 Å². The lowest BCUT2D eigenvalue weighted by atomic mass is 10.1. The lowest BCUT2D eigenvalue weighted by Gasteiger charge is -2.29. The van der Waals surface area contributed by atoms with Crippen LogP contribution in [0.4, 0.5) is 5.69 Å². The van der Waals surface area contributed by atoms with Gasteiger partial charge in [-0.3, -0.25) is 10.1 Å². The number of cyclic esters (lactones) is 2. The summed E-state index contributed by atoms with van der Waals surface area (Å²) in [7, 11) is 0. The standard InChI is InChI=1S/C19H15NO7/c1-19(2)26-17(21)13(18(22)27-19)11-12-7-3-5-9-15(12)25-16-10-6-4-8-14(16)20(23)24/h3-11H,1-2H3. The molecule has 0 atom stereocenters. The molecule has 1 aliphatic rings. The molecule has 3 rings (SSSR count). The van der Waals surface area contributed by atoms with Crippen molar-refractivity contribution in [1.29, 1.82) is 0 Å². The van der Waals surface area contributed by atoms with E-state index in [1.807, 2.05) is 0 Å². The van der Waals surface area contributed by atoms with E-state index in [1.54, 1.807) is 30.3 Å². The van der Waals surface area contributed by atoms with Crippen molar-refractivity contribution in [2.45, 2.75) is 19.6 Å². The molecule has 0 aromatic heterocycles. The summed E-state index contributed by atoms with van der Waals surface area (Å²) in [6.45, 7) is 2.90. The first-order valence-corrected chi connectivity index (χ1v) is 7.95. The Hall–Kier alpha value is -3.68. The van der Waals surface area contributed by atoms with Crippen LogP contribution in [0, 0.1) is 10.1 Å². The fraction of sp³-hybridized carbons (Fsp3) is 0.158. The van der Waals surface area contributed by atoms with Crippen LogP contribution in [0.1, 0.15) is 19.4 Å². The third-order valence-corrected chi connectivity index (χ3v) is 3.62. The zero-order chi connectivity index (χ0) is 19.6. The van der Waals surface area contributed by atoms with Crippen LogP contribution in [0.15, 0.2) is 54.1 Å². The minimum Gasteiger partial charge on any atom is -0.449 e. The number of hydrogen-bond donors (Lipinski definition) is 0. The lowest BCUT2D eigenvalue weighted by Crippen LogP contribution is -2.41. The number of carbonyl (C=O) groups excluding carboxylic acids is 2. The molecular formula is C19H15NO7. The first kappa shape index (κ1) is 18.1. The predicted molar refractivity (Wildman–Crippen MR) is 93.9 cm³/mol. The van der Waals surface area contributed by atoms with E-state index < -0.39 is 22.6 Å². The molecule has 2 aromatic carbocycles. The van der Waals surface area contributed by atoms with Crippen LogP contribution in [0.25, 0.3) is 6.08 Å². The molecule has 1 fully saturated rings. The maximum absolute atomic E-state index is 12.1. The van der Waals surface area contributed by atoms with Gasteiger partial charge in [-0.15, -0.1) is 0 Å². The van der Waals surface area contributed by atoms with Crippen LogP contribution in [-0.4, -0.2) is 22.6 Å². The Morgan fingerprint density at radius 2 is 1.52 bits per heavy atom. The normalized spacial score (nSPS) is 15.6. The van der Waals surface area contributed by atoms with Crippen molar-refractivity contribution in [2.24, 2.45) is 0 Å². The third kappa shape index (κ3) is 3.95. The summed E-state index contributed by atoms with van der Waals surface area (Å²) in [5, 5.41) is 11.2. The summed E-state index contributed by atoms with van der Waals surface area (Å²) in [4.78, 5) is 34.8. The molecule has 2 aromatic rings. The quantitative estimate of drug-likeness (QED) is 0.266. The number of nitro benzene ring substituents is 1. The molecule has 8 nitrogen and oxygen atoms in total. The van der Waals surface area contributed by atoms with E-state index in [1.165, 1.54) is 38.1 Å². The maximum atomic E-state index is 12.1. The van der Waals surface area contributed by atoms with Gasteiger partial charge >= 0.3 is 17.6 Å². The number of rotatable bonds is 4. The Labute approximate surface area is 154 Å². The van der Waals surface area contributed by atoms with Crippen molar-refractivity contribution in [3.8, 4) is 11.5 Å². The van der Waals surface area contributed by atoms with Gasteiger partial charge in [-0.05, 0) is 18.2 Å². The fourth-order valence-electron chi connectivity index (χ4n) is 2.44. The first-order chi connectivity index (χ1) is 12.8. The molecule has 27 heavy (non-hydrogen) atoms. The molecule has 0 aliphatic carbocycles. The SMILES string of the molecule is CC1(C)OC(=O)C(=Cc2ccccc2Oc2ccccc2[N+](=O)[O-])C(=O)O1. The van der Waals surface area contributed by atoms with Gasteiger partial charge in [-0.25, -0.2) is 9.59 Å². The van der Waals surface area contributed by atoms with Crippen molar-refractivity contribution in [3.63, 3.8) is 0 Å². The molecular weight excluding hydrogens is 354 g/mol. The smallest absolute Gasteiger partial charge is 0.348 e. The lowest BCUT2D eigenvalue weighted by molar-refractivity contribution is -0.385. The van der Waals surface area contributed by atoms with E-state index in [9.17, 15) is 19.7 Å². The zero-order valence-electron chi connectivity index (χ0n) is 14.5. The monoisotopic (exact) mass is 369 g/mol. The third-order valence-electron chi connectivity index (χ3n) is 3.62. The highest BCUT2D eigenvalue weighted by Crippen LogP contribution is 2.34. The summed E-state index contributed by atoms with van der Waals surface area (Å²) >= 11 is 0. The van der Waals surface area contributed by atoms with Crippen LogP contribution in [-0.2, 0) is 19.1 Å². The van der Waals surface area contributed by atoms with E-state index in [0.717, 1.165) is 0 Å². The minimum atomic E-state index is -1.34. The first-order valence-electron chi connectivity index (χ1n) is 7.95. The van der Waals surface area contributed by atoms with Crippen molar-refractivity contribution < 1.29 is 28.7 Å². The van der Waals surface area contributed by atoms with Crippen LogP contribution < -0.4 is 4.74 Å². The highest BCUT2D eigenvalue weighted by molar-refractivity contribution is 6.19. The second-order valence-electron chi connectivity index (χ2n) is 6.10. The van der Waals surface area contributed by atoms with Gasteiger partial charge < -0.3 is 14.2 Å². The van der Waals surface area contributed by atoms with E-state index in [4.69, 9.17) is 14.2 Å². The summed E-state index contributed by atoms with van der Waals surface area (Å²) < 4.78 is 15.8. The van der Waals surface area contributed by atoms with Gasteiger partial charge in [0.25, 0.3) is 5.79 Å². The number of benzene rings is 2. The molecule has 0 radical (unpaired) electrons. The highest BCUT2D eigenvalue weighted by Gasteiger charge is 2.39. The number of ether oxygens (including phenoxy) is 3. The van der Waals surface area contributed by atoms with E-state index in [0.29, 0.717) is 5.56 Å². The number of carbonyl (C=O) groups is 2. The molecule has 1 heterocycles. The molecule has 8 heteroatoms. The highest BCUT2D eigenvalue weighted by atomic mass is 16.7. The minimum absolute atomic E-state index is 0.0308. The molecule has 1 saturated heterocycles. The molecule has 0 saturated carbocycles. The van der Waals surface area contributed by atoms with E-state index >= 15 is 0 Å². The largest absolute Gasteiger partial charge is 0.449 e. The van der Waals surface area contributed by atoms with Crippen LogP contribution >= 0.6 is 0 Å². The average molecular weight is 369 g/mol. The number of hydrogen-bond acceptors (Lipinski definition) is 7. The number of nitrogens with zero attached hydrogens (tertiary/aromatic N) is 1. The predicted octanol–water partition coefficient (Wildman–Crippen LogP) is 3.61. The Bertz CT molecular complexity index is 940. The molecule has 0 spiro atoms. The summed E-state index contributed by atoms with van der Waals surface area (Å²) in [5.74, 6) is -2.73. The Kier molecular flexibility index (Phi) is 4.64. The Morgan fingerprint density at radius 1 is 0.963 bits per heavy atom. The van der Waals surface area contributed by atoms with Crippen molar-refractivity contribution >= 4 is 23.7 Å². The van der Waals surface area contributed by atoms with E-state index in [2.05, 4.69) is 0 Å². The zero-order valence-corrected chi connectivity index (χ0v) is 14.5. The summed E-state index contributed by atoms with van der Waals surface area (Å²) in [6, 6.07) is 12.4. The van der Waals surface area contributed by atoms with Gasteiger partial charge in [-0.1, -0.05) is 30.3 Å². The Morgan fingerprint density at radius 3 is 2.15 bits per heavy atom. The number of nitro groups is 1. The van der Waals surface area contributed by atoms with Crippen molar-refractivity contribution in [3.05, 3.63) is 69.8 Å². The molecule has 1 aliphatic heterocycles. The second-order valence-corrected chi connectivity index (χ2v) is 6.10. The summed E-state index contributed by atoms with van der Waals surface area (Å²) in [5.41, 5.74) is -0.148.